The molecule has 1 aliphatic rings. The van der Waals surface area contributed by atoms with E-state index in [0.717, 1.165) is 28.2 Å². The molecule has 0 aliphatic heterocycles. The molecule has 2 heterocycles. The molecule has 7 rings (SSSR count). The van der Waals surface area contributed by atoms with Gasteiger partial charge < -0.3 is 4.57 Å². The number of aromatic nitrogens is 2. The summed E-state index contributed by atoms with van der Waals surface area (Å²) in [7, 11) is 0. The monoisotopic (exact) mass is 462 g/mol. The summed E-state index contributed by atoms with van der Waals surface area (Å²) in [6.07, 6.45) is 2.21. The zero-order valence-corrected chi connectivity index (χ0v) is 20.4. The van der Waals surface area contributed by atoms with Crippen molar-refractivity contribution in [2.24, 2.45) is 0 Å². The Hall–Kier alpha value is -4.43. The quantitative estimate of drug-likeness (QED) is 0.257. The van der Waals surface area contributed by atoms with Gasteiger partial charge in [-0.3, -0.25) is 0 Å². The number of fused-ring (bicyclic) bond motifs is 5. The highest BCUT2D eigenvalue weighted by atomic mass is 15.0. The van der Waals surface area contributed by atoms with Crippen LogP contribution in [0.25, 0.3) is 50.2 Å². The lowest BCUT2D eigenvalue weighted by atomic mass is 9.82. The van der Waals surface area contributed by atoms with Crippen LogP contribution in [0.5, 0.6) is 0 Å². The van der Waals surface area contributed by atoms with E-state index < -0.39 is 0 Å². The van der Waals surface area contributed by atoms with Gasteiger partial charge >= 0.3 is 0 Å². The van der Waals surface area contributed by atoms with E-state index in [1.54, 1.807) is 0 Å². The summed E-state index contributed by atoms with van der Waals surface area (Å²) in [6.45, 7) is 4.67. The lowest BCUT2D eigenvalue weighted by Crippen LogP contribution is -2.14. The Labute approximate surface area is 211 Å². The number of nitrogens with zero attached hydrogens (tertiary/aromatic N) is 2. The van der Waals surface area contributed by atoms with E-state index in [-0.39, 0.29) is 5.41 Å². The van der Waals surface area contributed by atoms with Crippen molar-refractivity contribution >= 4 is 10.9 Å². The second-order valence-corrected chi connectivity index (χ2v) is 10.1. The molecule has 4 aromatic carbocycles. The minimum atomic E-state index is -0.000157. The van der Waals surface area contributed by atoms with Crippen molar-refractivity contribution in [3.8, 4) is 39.3 Å². The fourth-order valence-electron chi connectivity index (χ4n) is 5.81. The van der Waals surface area contributed by atoms with Gasteiger partial charge in [0.25, 0.3) is 0 Å². The van der Waals surface area contributed by atoms with E-state index in [1.807, 2.05) is 12.1 Å². The summed E-state index contributed by atoms with van der Waals surface area (Å²) in [5.41, 5.74) is 12.0. The first-order valence-electron chi connectivity index (χ1n) is 12.5. The first-order chi connectivity index (χ1) is 17.6. The van der Waals surface area contributed by atoms with Crippen LogP contribution >= 0.6 is 0 Å². The molecule has 0 saturated heterocycles. The van der Waals surface area contributed by atoms with Gasteiger partial charge in [-0.05, 0) is 46.5 Å². The lowest BCUT2D eigenvalue weighted by Gasteiger charge is -2.21. The van der Waals surface area contributed by atoms with Crippen LogP contribution in [0.4, 0.5) is 0 Å². The van der Waals surface area contributed by atoms with E-state index in [4.69, 9.17) is 4.98 Å². The molecular formula is C34H26N2. The van der Waals surface area contributed by atoms with Crippen molar-refractivity contribution in [3.63, 3.8) is 0 Å². The number of benzene rings is 4. The fourth-order valence-corrected chi connectivity index (χ4v) is 5.81. The first-order valence-corrected chi connectivity index (χ1v) is 12.5. The Morgan fingerprint density at radius 3 is 1.89 bits per heavy atom. The Bertz CT molecular complexity index is 1680. The van der Waals surface area contributed by atoms with E-state index >= 15 is 0 Å². The average molecular weight is 463 g/mol. The molecule has 0 N–H and O–H groups in total. The molecule has 0 fully saturated rings. The maximum atomic E-state index is 5.06. The molecule has 0 radical (unpaired) electrons. The molecule has 0 saturated carbocycles. The summed E-state index contributed by atoms with van der Waals surface area (Å²) in [5.74, 6) is 0. The maximum Gasteiger partial charge on any atom is 0.0730 e. The summed E-state index contributed by atoms with van der Waals surface area (Å²) in [5, 5.41) is 1.30. The number of hydrogen-bond donors (Lipinski definition) is 0. The van der Waals surface area contributed by atoms with E-state index in [1.165, 1.54) is 33.2 Å². The molecule has 0 unspecified atom stereocenters. The van der Waals surface area contributed by atoms with Gasteiger partial charge in [-0.1, -0.05) is 105 Å². The van der Waals surface area contributed by atoms with Crippen molar-refractivity contribution in [3.05, 3.63) is 133 Å². The fraction of sp³-hybridized carbons (Fsp3) is 0.0882. The minimum Gasteiger partial charge on any atom is -0.316 e. The first kappa shape index (κ1) is 20.9. The van der Waals surface area contributed by atoms with Gasteiger partial charge in [-0.15, -0.1) is 0 Å². The molecule has 0 bridgehead atoms. The predicted molar refractivity (Wildman–Crippen MR) is 150 cm³/mol. The summed E-state index contributed by atoms with van der Waals surface area (Å²) >= 11 is 0. The van der Waals surface area contributed by atoms with Crippen LogP contribution in [0.1, 0.15) is 25.0 Å². The van der Waals surface area contributed by atoms with Gasteiger partial charge in [0, 0.05) is 33.8 Å². The van der Waals surface area contributed by atoms with E-state index in [2.05, 4.69) is 128 Å². The van der Waals surface area contributed by atoms with Gasteiger partial charge in [-0.2, -0.15) is 0 Å². The highest BCUT2D eigenvalue weighted by Crippen LogP contribution is 2.51. The molecule has 0 atom stereocenters. The van der Waals surface area contributed by atoms with Crippen LogP contribution in [0.2, 0.25) is 0 Å². The standard InChI is InChI=1S/C34H26N2/c1-34(2)28-16-10-9-15-26(28)33-27-19-20-36(32(27)18-17-29(33)34)25-21-30(23-11-5-3-6-12-23)35-31(22-25)24-13-7-4-8-14-24/h3-22H,1-2H3. The zero-order valence-electron chi connectivity index (χ0n) is 20.4. The van der Waals surface area contributed by atoms with E-state index in [9.17, 15) is 0 Å². The molecule has 0 amide bonds. The SMILES string of the molecule is CC1(C)c2ccccc2-c2c1ccc1c2ccn1-c1cc(-c2ccccc2)nc(-c2ccccc2)c1. The third-order valence-electron chi connectivity index (χ3n) is 7.64. The third-order valence-corrected chi connectivity index (χ3v) is 7.64. The molecular weight excluding hydrogens is 436 g/mol. The largest absolute Gasteiger partial charge is 0.316 e. The predicted octanol–water partition coefficient (Wildman–Crippen LogP) is 8.67. The highest BCUT2D eigenvalue weighted by molar-refractivity contribution is 6.02. The Balaban J connectivity index is 1.47. The van der Waals surface area contributed by atoms with Gasteiger partial charge in [0.1, 0.15) is 0 Å². The Kier molecular flexibility index (Phi) is 4.52. The third kappa shape index (κ3) is 3.08. The second-order valence-electron chi connectivity index (χ2n) is 10.1. The van der Waals surface area contributed by atoms with Crippen molar-refractivity contribution in [1.29, 1.82) is 0 Å². The molecule has 0 spiro atoms. The lowest BCUT2D eigenvalue weighted by molar-refractivity contribution is 0.661. The Morgan fingerprint density at radius 1 is 0.611 bits per heavy atom. The van der Waals surface area contributed by atoms with Gasteiger partial charge in [0.05, 0.1) is 16.9 Å². The smallest absolute Gasteiger partial charge is 0.0730 e. The average Bonchev–Trinajstić information content (AvgIpc) is 3.46. The number of hydrogen-bond acceptors (Lipinski definition) is 1. The summed E-state index contributed by atoms with van der Waals surface area (Å²) < 4.78 is 2.31. The summed E-state index contributed by atoms with van der Waals surface area (Å²) in [6, 6.07) is 41.0. The Morgan fingerprint density at radius 2 is 1.22 bits per heavy atom. The minimum absolute atomic E-state index is 0.000157. The van der Waals surface area contributed by atoms with Crippen molar-refractivity contribution < 1.29 is 0 Å². The van der Waals surface area contributed by atoms with E-state index in [0.29, 0.717) is 0 Å². The molecule has 6 aromatic rings. The molecule has 1 aliphatic carbocycles. The van der Waals surface area contributed by atoms with Crippen molar-refractivity contribution in [2.45, 2.75) is 19.3 Å². The van der Waals surface area contributed by atoms with Crippen LogP contribution in [0.3, 0.4) is 0 Å². The molecule has 2 nitrogen and oxygen atoms in total. The normalized spacial score (nSPS) is 13.5. The molecule has 172 valence electrons. The van der Waals surface area contributed by atoms with Crippen molar-refractivity contribution in [2.75, 3.05) is 0 Å². The van der Waals surface area contributed by atoms with Crippen LogP contribution in [0.15, 0.2) is 121 Å². The zero-order chi connectivity index (χ0) is 24.3. The second kappa shape index (κ2) is 7.79. The molecule has 2 aromatic heterocycles. The van der Waals surface area contributed by atoms with Crippen LogP contribution in [0, 0.1) is 0 Å². The summed E-state index contributed by atoms with van der Waals surface area (Å²) in [4.78, 5) is 5.06. The van der Waals surface area contributed by atoms with Gasteiger partial charge in [0.2, 0.25) is 0 Å². The molecule has 36 heavy (non-hydrogen) atoms. The van der Waals surface area contributed by atoms with Crippen molar-refractivity contribution in [1.82, 2.24) is 9.55 Å². The highest BCUT2D eigenvalue weighted by Gasteiger charge is 2.36. The van der Waals surface area contributed by atoms with Crippen LogP contribution in [-0.4, -0.2) is 9.55 Å². The molecule has 2 heteroatoms. The van der Waals surface area contributed by atoms with Gasteiger partial charge in [0.15, 0.2) is 0 Å². The van der Waals surface area contributed by atoms with Crippen LogP contribution in [-0.2, 0) is 5.41 Å². The van der Waals surface area contributed by atoms with Gasteiger partial charge in [-0.25, -0.2) is 4.98 Å². The van der Waals surface area contributed by atoms with Crippen LogP contribution < -0.4 is 0 Å². The topological polar surface area (TPSA) is 17.8 Å². The number of pyridine rings is 1. The number of rotatable bonds is 3. The maximum absolute atomic E-state index is 5.06.